The van der Waals surface area contributed by atoms with Crippen molar-refractivity contribution in [1.82, 2.24) is 0 Å². The molecule has 0 aromatic carbocycles. The summed E-state index contributed by atoms with van der Waals surface area (Å²) < 4.78 is 0. The fraction of sp³-hybridized carbons (Fsp3) is 0.692. The number of hydrogen-bond donors (Lipinski definition) is 0. The second-order valence-electron chi connectivity index (χ2n) is 4.15. The van der Waals surface area contributed by atoms with Gasteiger partial charge in [-0.05, 0) is 31.6 Å². The average Bonchev–Trinajstić information content (AvgIpc) is 2.15. The number of hydrogen-bond acceptors (Lipinski definition) is 0. The molecule has 0 unspecified atom stereocenters. The Kier molecular flexibility index (Phi) is 4.88. The monoisotopic (exact) mass is 178 g/mol. The van der Waals surface area contributed by atoms with Crippen LogP contribution < -0.4 is 0 Å². The third-order valence-corrected chi connectivity index (χ3v) is 2.74. The normalized spacial score (nSPS) is 25.4. The van der Waals surface area contributed by atoms with E-state index >= 15 is 0 Å². The van der Waals surface area contributed by atoms with E-state index in [-0.39, 0.29) is 0 Å². The molecule has 13 heavy (non-hydrogen) atoms. The predicted molar refractivity (Wildman–Crippen MR) is 59.8 cm³/mol. The van der Waals surface area contributed by atoms with Crippen molar-refractivity contribution in [3.05, 3.63) is 23.8 Å². The van der Waals surface area contributed by atoms with Gasteiger partial charge in [-0.3, -0.25) is 0 Å². The molecule has 1 aliphatic rings. The van der Waals surface area contributed by atoms with Crippen LogP contribution in [0.2, 0.25) is 0 Å². The Bertz CT molecular complexity index is 186. The lowest BCUT2D eigenvalue weighted by Gasteiger charge is -2.13. The van der Waals surface area contributed by atoms with Crippen LogP contribution in [0.15, 0.2) is 23.8 Å². The van der Waals surface area contributed by atoms with E-state index in [2.05, 4.69) is 32.1 Å². The van der Waals surface area contributed by atoms with Gasteiger partial charge in [-0.25, -0.2) is 0 Å². The lowest BCUT2D eigenvalue weighted by atomic mass is 9.93. The zero-order valence-corrected chi connectivity index (χ0v) is 9.05. The van der Waals surface area contributed by atoms with E-state index in [1.54, 1.807) is 5.57 Å². The summed E-state index contributed by atoms with van der Waals surface area (Å²) >= 11 is 0. The van der Waals surface area contributed by atoms with Gasteiger partial charge in [0.25, 0.3) is 0 Å². The summed E-state index contributed by atoms with van der Waals surface area (Å²) in [6, 6.07) is 0. The topological polar surface area (TPSA) is 0 Å². The maximum atomic E-state index is 2.43. The largest absolute Gasteiger partial charge is 0.0814 e. The molecule has 0 N–H and O–H groups in total. The Labute approximate surface area is 82.7 Å². The van der Waals surface area contributed by atoms with Crippen LogP contribution in [0.3, 0.4) is 0 Å². The van der Waals surface area contributed by atoms with E-state index < -0.39 is 0 Å². The zero-order valence-electron chi connectivity index (χ0n) is 9.05. The first kappa shape index (κ1) is 10.6. The molecule has 0 spiro atoms. The van der Waals surface area contributed by atoms with E-state index in [4.69, 9.17) is 0 Å². The van der Waals surface area contributed by atoms with Crippen molar-refractivity contribution in [2.45, 2.75) is 52.4 Å². The minimum Gasteiger partial charge on any atom is -0.0814 e. The zero-order chi connectivity index (χ0) is 9.52. The van der Waals surface area contributed by atoms with Crippen LogP contribution in [0.4, 0.5) is 0 Å². The molecule has 0 aliphatic heterocycles. The Morgan fingerprint density at radius 3 is 2.92 bits per heavy atom. The van der Waals surface area contributed by atoms with Gasteiger partial charge in [-0.15, -0.1) is 0 Å². The van der Waals surface area contributed by atoms with Crippen molar-refractivity contribution in [3.8, 4) is 0 Å². The first-order valence-corrected chi connectivity index (χ1v) is 5.70. The van der Waals surface area contributed by atoms with E-state index in [0.717, 1.165) is 5.92 Å². The molecule has 0 aromatic heterocycles. The van der Waals surface area contributed by atoms with Crippen LogP contribution in [0.25, 0.3) is 0 Å². The molecule has 0 radical (unpaired) electrons. The fourth-order valence-electron chi connectivity index (χ4n) is 1.71. The van der Waals surface area contributed by atoms with Gasteiger partial charge < -0.3 is 0 Å². The predicted octanol–water partition coefficient (Wildman–Crippen LogP) is 4.48. The summed E-state index contributed by atoms with van der Waals surface area (Å²) in [7, 11) is 0. The van der Waals surface area contributed by atoms with Gasteiger partial charge in [0.15, 0.2) is 0 Å². The van der Waals surface area contributed by atoms with Gasteiger partial charge in [-0.1, -0.05) is 50.5 Å². The molecule has 0 nitrogen and oxygen atoms in total. The van der Waals surface area contributed by atoms with Crippen molar-refractivity contribution in [3.63, 3.8) is 0 Å². The van der Waals surface area contributed by atoms with Gasteiger partial charge in [0, 0.05) is 0 Å². The molecule has 0 heterocycles. The molecule has 74 valence electrons. The number of allylic oxidation sites excluding steroid dienone is 4. The molecule has 0 heteroatoms. The minimum absolute atomic E-state index is 0.799. The molecule has 0 bridgehead atoms. The summed E-state index contributed by atoms with van der Waals surface area (Å²) in [5.41, 5.74) is 1.56. The number of rotatable bonds is 4. The fourth-order valence-corrected chi connectivity index (χ4v) is 1.71. The van der Waals surface area contributed by atoms with E-state index in [9.17, 15) is 0 Å². The minimum atomic E-state index is 0.799. The van der Waals surface area contributed by atoms with Crippen LogP contribution in [-0.4, -0.2) is 0 Å². The molecule has 0 saturated carbocycles. The maximum absolute atomic E-state index is 2.43. The van der Waals surface area contributed by atoms with Gasteiger partial charge in [0.05, 0.1) is 0 Å². The lowest BCUT2D eigenvalue weighted by molar-refractivity contribution is 0.628. The van der Waals surface area contributed by atoms with Crippen molar-refractivity contribution < 1.29 is 0 Å². The van der Waals surface area contributed by atoms with E-state index in [1.165, 1.54) is 38.5 Å². The highest BCUT2D eigenvalue weighted by Gasteiger charge is 2.04. The lowest BCUT2D eigenvalue weighted by Crippen LogP contribution is -1.96. The first-order chi connectivity index (χ1) is 6.33. The molecule has 0 aromatic rings. The van der Waals surface area contributed by atoms with Crippen molar-refractivity contribution in [2.75, 3.05) is 0 Å². The van der Waals surface area contributed by atoms with Gasteiger partial charge >= 0.3 is 0 Å². The van der Waals surface area contributed by atoms with Crippen molar-refractivity contribution in [2.24, 2.45) is 5.92 Å². The smallest absolute Gasteiger partial charge is 0.0256 e. The second-order valence-corrected chi connectivity index (χ2v) is 4.15. The standard InChI is InChI=1S/C13H22/c1-3-4-5-6-7-13-10-8-12(2)9-11-13/h7-8,10,12H,3-6,9,11H2,1-2H3/b13-7-/t12-/m1/s1. The highest BCUT2D eigenvalue weighted by molar-refractivity contribution is 5.22. The molecule has 0 saturated heterocycles. The molecule has 1 aliphatic carbocycles. The summed E-state index contributed by atoms with van der Waals surface area (Å²) in [6.07, 6.45) is 15.1. The highest BCUT2D eigenvalue weighted by atomic mass is 14.1. The van der Waals surface area contributed by atoms with Crippen molar-refractivity contribution in [1.29, 1.82) is 0 Å². The number of unbranched alkanes of at least 4 members (excludes halogenated alkanes) is 3. The Morgan fingerprint density at radius 2 is 2.31 bits per heavy atom. The van der Waals surface area contributed by atoms with Crippen LogP contribution in [0.5, 0.6) is 0 Å². The van der Waals surface area contributed by atoms with Crippen LogP contribution in [0, 0.1) is 5.92 Å². The molecular formula is C13H22. The quantitative estimate of drug-likeness (QED) is 0.557. The molecule has 0 fully saturated rings. The Balaban J connectivity index is 2.23. The van der Waals surface area contributed by atoms with Gasteiger partial charge in [0.1, 0.15) is 0 Å². The average molecular weight is 178 g/mol. The van der Waals surface area contributed by atoms with E-state index in [1.807, 2.05) is 0 Å². The summed E-state index contributed by atoms with van der Waals surface area (Å²) in [5, 5.41) is 0. The molecular weight excluding hydrogens is 156 g/mol. The van der Waals surface area contributed by atoms with E-state index in [0.29, 0.717) is 0 Å². The van der Waals surface area contributed by atoms with Gasteiger partial charge in [0.2, 0.25) is 0 Å². The summed E-state index contributed by atoms with van der Waals surface area (Å²) in [4.78, 5) is 0. The van der Waals surface area contributed by atoms with Crippen LogP contribution >= 0.6 is 0 Å². The third-order valence-electron chi connectivity index (χ3n) is 2.74. The first-order valence-electron chi connectivity index (χ1n) is 5.70. The second kappa shape index (κ2) is 6.01. The summed E-state index contributed by atoms with van der Waals surface area (Å²) in [6.45, 7) is 4.56. The molecule has 1 rings (SSSR count). The van der Waals surface area contributed by atoms with Crippen LogP contribution in [-0.2, 0) is 0 Å². The summed E-state index contributed by atoms with van der Waals surface area (Å²) in [5.74, 6) is 0.799. The van der Waals surface area contributed by atoms with Crippen LogP contribution in [0.1, 0.15) is 52.4 Å². The van der Waals surface area contributed by atoms with Crippen molar-refractivity contribution >= 4 is 0 Å². The Morgan fingerprint density at radius 1 is 1.46 bits per heavy atom. The molecule has 0 amide bonds. The highest BCUT2D eigenvalue weighted by Crippen LogP contribution is 2.21. The third kappa shape index (κ3) is 4.31. The maximum Gasteiger partial charge on any atom is -0.0256 e. The Hall–Kier alpha value is -0.520. The van der Waals surface area contributed by atoms with Gasteiger partial charge in [-0.2, -0.15) is 0 Å². The SMILES string of the molecule is CCCCC/C=C1/C=C[C@@H](C)CC1. The molecule has 1 atom stereocenters.